The smallest absolute Gasteiger partial charge is 0.423 e. The highest BCUT2D eigenvalue weighted by Crippen LogP contribution is 2.35. The van der Waals surface area contributed by atoms with Crippen molar-refractivity contribution in [3.8, 4) is 0 Å². The van der Waals surface area contributed by atoms with Crippen molar-refractivity contribution in [3.05, 3.63) is 40.8 Å². The normalized spacial score (nSPS) is 14.1. The van der Waals surface area contributed by atoms with Gasteiger partial charge in [0.25, 0.3) is 0 Å². The van der Waals surface area contributed by atoms with E-state index in [2.05, 4.69) is 15.3 Å². The Kier molecular flexibility index (Phi) is 3.71. The van der Waals surface area contributed by atoms with Gasteiger partial charge in [-0.05, 0) is 23.2 Å². The van der Waals surface area contributed by atoms with Gasteiger partial charge in [-0.2, -0.15) is 18.2 Å². The minimum atomic E-state index is -4.64. The first-order valence-corrected chi connectivity index (χ1v) is 6.52. The van der Waals surface area contributed by atoms with Gasteiger partial charge in [-0.3, -0.25) is 0 Å². The van der Waals surface area contributed by atoms with Crippen LogP contribution in [0.2, 0.25) is 5.28 Å². The molecule has 0 bridgehead atoms. The molecule has 3 rings (SSSR count). The zero-order valence-corrected chi connectivity index (χ0v) is 11.6. The molecule has 0 radical (unpaired) electrons. The summed E-state index contributed by atoms with van der Waals surface area (Å²) in [6, 6.07) is 4.87. The zero-order chi connectivity index (χ0) is 15.9. The van der Waals surface area contributed by atoms with E-state index in [0.717, 1.165) is 0 Å². The number of rotatable bonds is 2. The lowest BCUT2D eigenvalue weighted by Gasteiger charge is -2.15. The molecule has 22 heavy (non-hydrogen) atoms. The number of fused-ring (bicyclic) bond motifs is 1. The van der Waals surface area contributed by atoms with Gasteiger partial charge < -0.3 is 15.0 Å². The third kappa shape index (κ3) is 2.74. The third-order valence-electron chi connectivity index (χ3n) is 3.16. The van der Waals surface area contributed by atoms with Crippen LogP contribution in [0, 0.1) is 0 Å². The van der Waals surface area contributed by atoms with E-state index in [1.807, 2.05) is 0 Å². The summed E-state index contributed by atoms with van der Waals surface area (Å²) in [6.07, 6.45) is -4.03. The van der Waals surface area contributed by atoms with Crippen LogP contribution in [0.4, 0.5) is 24.7 Å². The van der Waals surface area contributed by atoms with Gasteiger partial charge in [0.05, 0.1) is 6.61 Å². The molecule has 1 aliphatic heterocycles. The predicted octanol–water partition coefficient (Wildman–Crippen LogP) is 2.11. The minimum Gasteiger partial charge on any atom is -0.423 e. The van der Waals surface area contributed by atoms with E-state index in [4.69, 9.17) is 16.3 Å². The Morgan fingerprint density at radius 3 is 2.86 bits per heavy atom. The Bertz CT molecular complexity index is 729. The standard InChI is InChI=1S/C12H8BClF3N3O2/c14-11-18-4-7(12(15,16)17)10(20-11)19-8-3-1-2-6-5-22-13(21)9(6)8/h1-4,21H,5H2,(H,18,19,20). The van der Waals surface area contributed by atoms with Gasteiger partial charge in [0.15, 0.2) is 0 Å². The Hall–Kier alpha value is -1.84. The van der Waals surface area contributed by atoms with Gasteiger partial charge in [0.2, 0.25) is 5.28 Å². The molecule has 0 amide bonds. The van der Waals surface area contributed by atoms with Gasteiger partial charge in [-0.1, -0.05) is 12.1 Å². The molecule has 1 aromatic carbocycles. The molecule has 0 fully saturated rings. The summed E-state index contributed by atoms with van der Waals surface area (Å²) < 4.78 is 44.0. The molecule has 10 heteroatoms. The average molecular weight is 329 g/mol. The van der Waals surface area contributed by atoms with E-state index < -0.39 is 24.7 Å². The fraction of sp³-hybridized carbons (Fsp3) is 0.167. The number of halogens is 4. The SMILES string of the molecule is OB1OCc2cccc(Nc3nc(Cl)ncc3C(F)(F)F)c21. The topological polar surface area (TPSA) is 67.3 Å². The molecule has 2 N–H and O–H groups in total. The van der Waals surface area contributed by atoms with Crippen LogP contribution >= 0.6 is 11.6 Å². The number of nitrogens with one attached hydrogen (secondary N) is 1. The van der Waals surface area contributed by atoms with Crippen LogP contribution in [-0.2, 0) is 17.4 Å². The van der Waals surface area contributed by atoms with E-state index in [-0.39, 0.29) is 17.6 Å². The van der Waals surface area contributed by atoms with Crippen LogP contribution < -0.4 is 10.8 Å². The summed E-state index contributed by atoms with van der Waals surface area (Å²) in [5.74, 6) is -0.486. The zero-order valence-electron chi connectivity index (χ0n) is 10.9. The molecule has 2 heterocycles. The second-order valence-corrected chi connectivity index (χ2v) is 4.90. The van der Waals surface area contributed by atoms with Crippen LogP contribution in [0.3, 0.4) is 0 Å². The maximum Gasteiger partial charge on any atom is 0.493 e. The molecular weight excluding hydrogens is 321 g/mol. The Morgan fingerprint density at radius 1 is 1.36 bits per heavy atom. The lowest BCUT2D eigenvalue weighted by Crippen LogP contribution is -2.30. The highest BCUT2D eigenvalue weighted by molar-refractivity contribution is 6.63. The van der Waals surface area contributed by atoms with Gasteiger partial charge in [0.1, 0.15) is 11.4 Å². The largest absolute Gasteiger partial charge is 0.493 e. The van der Waals surface area contributed by atoms with E-state index >= 15 is 0 Å². The number of hydrogen-bond acceptors (Lipinski definition) is 5. The van der Waals surface area contributed by atoms with Crippen molar-refractivity contribution >= 4 is 35.7 Å². The number of benzene rings is 1. The Labute approximate surface area is 128 Å². The van der Waals surface area contributed by atoms with Gasteiger partial charge >= 0.3 is 13.3 Å². The number of anilines is 2. The average Bonchev–Trinajstić information content (AvgIpc) is 2.80. The Morgan fingerprint density at radius 2 is 2.14 bits per heavy atom. The highest BCUT2D eigenvalue weighted by Gasteiger charge is 2.36. The second kappa shape index (κ2) is 5.42. The molecule has 0 unspecified atom stereocenters. The van der Waals surface area contributed by atoms with Crippen molar-refractivity contribution in [2.45, 2.75) is 12.8 Å². The van der Waals surface area contributed by atoms with E-state index in [1.54, 1.807) is 12.1 Å². The molecule has 0 aliphatic carbocycles. The van der Waals surface area contributed by atoms with Crippen molar-refractivity contribution in [1.29, 1.82) is 0 Å². The van der Waals surface area contributed by atoms with Gasteiger partial charge in [0, 0.05) is 17.3 Å². The summed E-state index contributed by atoms with van der Waals surface area (Å²) in [7, 11) is -1.20. The summed E-state index contributed by atoms with van der Waals surface area (Å²) >= 11 is 5.58. The summed E-state index contributed by atoms with van der Waals surface area (Å²) in [4.78, 5) is 6.94. The molecule has 1 aliphatic rings. The fourth-order valence-electron chi connectivity index (χ4n) is 2.18. The maximum atomic E-state index is 13.0. The van der Waals surface area contributed by atoms with Crippen LogP contribution in [0.15, 0.2) is 24.4 Å². The molecule has 0 spiro atoms. The molecule has 0 saturated carbocycles. The molecule has 1 aromatic heterocycles. The van der Waals surface area contributed by atoms with Crippen molar-refractivity contribution < 1.29 is 22.8 Å². The molecular formula is C12H8BClF3N3O2. The molecule has 114 valence electrons. The van der Waals surface area contributed by atoms with Crippen LogP contribution in [-0.4, -0.2) is 22.1 Å². The summed E-state index contributed by atoms with van der Waals surface area (Å²) in [6.45, 7) is 0.183. The number of aromatic nitrogens is 2. The summed E-state index contributed by atoms with van der Waals surface area (Å²) in [5, 5.41) is 12.0. The first-order valence-electron chi connectivity index (χ1n) is 6.14. The van der Waals surface area contributed by atoms with Crippen LogP contribution in [0.5, 0.6) is 0 Å². The minimum absolute atomic E-state index is 0.183. The lowest BCUT2D eigenvalue weighted by molar-refractivity contribution is -0.137. The Balaban J connectivity index is 2.05. The van der Waals surface area contributed by atoms with Crippen LogP contribution in [0.25, 0.3) is 0 Å². The van der Waals surface area contributed by atoms with Gasteiger partial charge in [-0.25, -0.2) is 4.98 Å². The van der Waals surface area contributed by atoms with E-state index in [0.29, 0.717) is 17.2 Å². The maximum absolute atomic E-state index is 13.0. The predicted molar refractivity (Wildman–Crippen MR) is 74.2 cm³/mol. The molecule has 5 nitrogen and oxygen atoms in total. The fourth-order valence-corrected chi connectivity index (χ4v) is 2.32. The van der Waals surface area contributed by atoms with E-state index in [1.165, 1.54) is 6.07 Å². The van der Waals surface area contributed by atoms with Crippen molar-refractivity contribution in [1.82, 2.24) is 9.97 Å². The molecule has 0 atom stereocenters. The van der Waals surface area contributed by atoms with Crippen molar-refractivity contribution in [2.75, 3.05) is 5.32 Å². The lowest BCUT2D eigenvalue weighted by atomic mass is 9.78. The number of hydrogen-bond donors (Lipinski definition) is 2. The number of nitrogens with zero attached hydrogens (tertiary/aromatic N) is 2. The quantitative estimate of drug-likeness (QED) is 0.652. The van der Waals surface area contributed by atoms with Gasteiger partial charge in [-0.15, -0.1) is 0 Å². The second-order valence-electron chi connectivity index (χ2n) is 4.57. The molecule has 0 saturated heterocycles. The first-order chi connectivity index (χ1) is 10.4. The first kappa shape index (κ1) is 15.1. The van der Waals surface area contributed by atoms with Crippen molar-refractivity contribution in [3.63, 3.8) is 0 Å². The summed E-state index contributed by atoms with van der Waals surface area (Å²) in [5.41, 5.74) is 0.280. The number of alkyl halides is 3. The monoisotopic (exact) mass is 329 g/mol. The van der Waals surface area contributed by atoms with Crippen molar-refractivity contribution in [2.24, 2.45) is 0 Å². The molecule has 2 aromatic rings. The highest BCUT2D eigenvalue weighted by atomic mass is 35.5. The third-order valence-corrected chi connectivity index (χ3v) is 3.34. The van der Waals surface area contributed by atoms with Crippen LogP contribution in [0.1, 0.15) is 11.1 Å². The van der Waals surface area contributed by atoms with E-state index in [9.17, 15) is 18.2 Å².